The Bertz CT molecular complexity index is 418. The van der Waals surface area contributed by atoms with Crippen LogP contribution in [-0.4, -0.2) is 8.42 Å². The van der Waals surface area contributed by atoms with Gasteiger partial charge in [-0.15, -0.1) is 0 Å². The molecule has 0 saturated heterocycles. The van der Waals surface area contributed by atoms with E-state index in [2.05, 4.69) is 19.0 Å². The molecule has 0 heterocycles. The van der Waals surface area contributed by atoms with Gasteiger partial charge in [0, 0.05) is 11.1 Å². The number of benzene rings is 1. The molecule has 0 fully saturated rings. The summed E-state index contributed by atoms with van der Waals surface area (Å²) in [6.07, 6.45) is 0. The summed E-state index contributed by atoms with van der Waals surface area (Å²) < 4.78 is 25.8. The lowest BCUT2D eigenvalue weighted by molar-refractivity contribution is 0.506. The summed E-state index contributed by atoms with van der Waals surface area (Å²) in [6.45, 7) is 0. The Kier molecular flexibility index (Phi) is 3.45. The zero-order chi connectivity index (χ0) is 10.1. The Hall–Kier alpha value is 0.0300. The van der Waals surface area contributed by atoms with Crippen LogP contribution in [0.15, 0.2) is 18.2 Å². The number of hydrogen-bond acceptors (Lipinski definition) is 3. The quantitative estimate of drug-likeness (QED) is 0.789. The van der Waals surface area contributed by atoms with Gasteiger partial charge in [0.05, 0.1) is 5.02 Å². The van der Waals surface area contributed by atoms with E-state index in [1.807, 2.05) is 0 Å². The summed E-state index contributed by atoms with van der Waals surface area (Å²) >= 11 is 13.6. The predicted molar refractivity (Wildman–Crippen MR) is 54.9 cm³/mol. The van der Waals surface area contributed by atoms with Crippen molar-refractivity contribution in [3.8, 4) is 5.75 Å². The lowest BCUT2D eigenvalue weighted by Crippen LogP contribution is -1.99. The Labute approximate surface area is 92.9 Å². The third kappa shape index (κ3) is 3.72. The third-order valence-electron chi connectivity index (χ3n) is 1.08. The molecule has 0 radical (unpaired) electrons. The Morgan fingerprint density at radius 3 is 2.46 bits per heavy atom. The molecule has 0 aliphatic rings. The van der Waals surface area contributed by atoms with Gasteiger partial charge in [-0.3, -0.25) is 0 Å². The molecule has 7 heteroatoms. The van der Waals surface area contributed by atoms with Crippen LogP contribution in [0.2, 0.25) is 10.0 Å². The third-order valence-corrected chi connectivity index (χ3v) is 2.41. The highest BCUT2D eigenvalue weighted by molar-refractivity contribution is 9.46. The summed E-state index contributed by atoms with van der Waals surface area (Å²) in [5.41, 5.74) is 0. The number of halogens is 3. The second-order valence-corrected chi connectivity index (χ2v) is 6.23. The maximum atomic E-state index is 10.7. The lowest BCUT2D eigenvalue weighted by atomic mass is 10.3. The molecule has 1 aromatic rings. The minimum atomic E-state index is -3.75. The van der Waals surface area contributed by atoms with Crippen LogP contribution >= 0.6 is 38.0 Å². The maximum Gasteiger partial charge on any atom is 0.372 e. The monoisotopic (exact) mass is 304 g/mol. The number of rotatable bonds is 2. The summed E-state index contributed by atoms with van der Waals surface area (Å²) in [4.78, 5) is 0. The van der Waals surface area contributed by atoms with Gasteiger partial charge < -0.3 is 4.18 Å². The fraction of sp³-hybridized carbons (Fsp3) is 0. The summed E-state index contributed by atoms with van der Waals surface area (Å²) in [5, 5.41) is 0.517. The second kappa shape index (κ2) is 4.04. The van der Waals surface area contributed by atoms with Gasteiger partial charge >= 0.3 is 8.55 Å². The molecule has 0 aliphatic heterocycles. The average Bonchev–Trinajstić information content (AvgIpc) is 1.94. The molecule has 3 nitrogen and oxygen atoms in total. The van der Waals surface area contributed by atoms with E-state index < -0.39 is 8.55 Å². The van der Waals surface area contributed by atoms with Crippen LogP contribution in [0.1, 0.15) is 0 Å². The van der Waals surface area contributed by atoms with Crippen molar-refractivity contribution in [2.75, 3.05) is 0 Å². The van der Waals surface area contributed by atoms with Crippen LogP contribution in [0, 0.1) is 0 Å². The van der Waals surface area contributed by atoms with Gasteiger partial charge in [-0.05, 0) is 12.1 Å². The van der Waals surface area contributed by atoms with E-state index in [1.54, 1.807) is 0 Å². The van der Waals surface area contributed by atoms with Gasteiger partial charge in [-0.1, -0.05) is 23.2 Å². The second-order valence-electron chi connectivity index (χ2n) is 2.05. The minimum Gasteiger partial charge on any atom is -0.373 e. The molecule has 0 aromatic heterocycles. The van der Waals surface area contributed by atoms with E-state index in [1.165, 1.54) is 18.2 Å². The molecule has 1 rings (SSSR count). The van der Waals surface area contributed by atoms with E-state index in [0.717, 1.165) is 0 Å². The van der Waals surface area contributed by atoms with Crippen molar-refractivity contribution in [3.05, 3.63) is 28.2 Å². The van der Waals surface area contributed by atoms with Crippen molar-refractivity contribution in [1.29, 1.82) is 0 Å². The highest BCUT2D eigenvalue weighted by atomic mass is 79.9. The highest BCUT2D eigenvalue weighted by Gasteiger charge is 2.10. The van der Waals surface area contributed by atoms with Gasteiger partial charge in [0.15, 0.2) is 5.75 Å². The van der Waals surface area contributed by atoms with E-state index in [9.17, 15) is 8.42 Å². The van der Waals surface area contributed by atoms with Crippen molar-refractivity contribution in [2.45, 2.75) is 0 Å². The van der Waals surface area contributed by atoms with Crippen LogP contribution in [0.25, 0.3) is 0 Å². The predicted octanol–water partition coefficient (Wildman–Crippen LogP) is 3.01. The molecular formula is C6H3BrCl2O3S. The molecule has 0 atom stereocenters. The van der Waals surface area contributed by atoms with Gasteiger partial charge in [0.1, 0.15) is 14.8 Å². The molecular weight excluding hydrogens is 303 g/mol. The summed E-state index contributed by atoms with van der Waals surface area (Å²) in [5.74, 6) is -0.00829. The van der Waals surface area contributed by atoms with E-state index in [4.69, 9.17) is 23.2 Å². The Morgan fingerprint density at radius 1 is 1.31 bits per heavy atom. The van der Waals surface area contributed by atoms with Gasteiger partial charge in [0.2, 0.25) is 0 Å². The van der Waals surface area contributed by atoms with E-state index >= 15 is 0 Å². The van der Waals surface area contributed by atoms with Crippen molar-refractivity contribution >= 4 is 46.6 Å². The molecule has 0 bridgehead atoms. The lowest BCUT2D eigenvalue weighted by Gasteiger charge is -2.03. The number of hydrogen-bond donors (Lipinski definition) is 0. The average molecular weight is 306 g/mol. The molecule has 13 heavy (non-hydrogen) atoms. The van der Waals surface area contributed by atoms with Crippen LogP contribution in [0.5, 0.6) is 5.75 Å². The zero-order valence-electron chi connectivity index (χ0n) is 6.00. The standard InChI is InChI=1S/C6H3BrCl2O3S/c7-13(10,11)12-6-3-4(8)1-2-5(6)9/h1-3H. The van der Waals surface area contributed by atoms with Crippen molar-refractivity contribution in [3.63, 3.8) is 0 Å². The maximum absolute atomic E-state index is 10.7. The molecule has 0 spiro atoms. The fourth-order valence-electron chi connectivity index (χ4n) is 0.648. The molecule has 0 amide bonds. The SMILES string of the molecule is O=S(=O)(Br)Oc1cc(Cl)ccc1Cl. The zero-order valence-corrected chi connectivity index (χ0v) is 9.91. The van der Waals surface area contributed by atoms with E-state index in [0.29, 0.717) is 5.02 Å². The van der Waals surface area contributed by atoms with Gasteiger partial charge in [-0.2, -0.15) is 8.42 Å². The molecule has 72 valence electrons. The first-order valence-corrected chi connectivity index (χ1v) is 6.98. The smallest absolute Gasteiger partial charge is 0.372 e. The van der Waals surface area contributed by atoms with Crippen molar-refractivity contribution in [1.82, 2.24) is 0 Å². The molecule has 0 N–H and O–H groups in total. The van der Waals surface area contributed by atoms with Crippen LogP contribution in [0.3, 0.4) is 0 Å². The van der Waals surface area contributed by atoms with Crippen LogP contribution in [0.4, 0.5) is 0 Å². The minimum absolute atomic E-state index is 0.00829. The first-order chi connectivity index (χ1) is 5.88. The summed E-state index contributed by atoms with van der Waals surface area (Å²) in [7, 11) is -3.75. The Morgan fingerprint density at radius 2 is 1.92 bits per heavy atom. The Balaban J connectivity index is 3.08. The first-order valence-electron chi connectivity index (χ1n) is 2.97. The van der Waals surface area contributed by atoms with E-state index in [-0.39, 0.29) is 10.8 Å². The van der Waals surface area contributed by atoms with Crippen molar-refractivity contribution in [2.24, 2.45) is 0 Å². The normalized spacial score (nSPS) is 11.3. The van der Waals surface area contributed by atoms with Gasteiger partial charge in [-0.25, -0.2) is 0 Å². The van der Waals surface area contributed by atoms with Crippen LogP contribution in [-0.2, 0) is 8.55 Å². The molecule has 0 unspecified atom stereocenters. The molecule has 0 saturated carbocycles. The first kappa shape index (κ1) is 11.1. The molecule has 1 aromatic carbocycles. The summed E-state index contributed by atoms with van der Waals surface area (Å²) in [6, 6.07) is 4.28. The van der Waals surface area contributed by atoms with Crippen LogP contribution < -0.4 is 4.18 Å². The topological polar surface area (TPSA) is 43.4 Å². The van der Waals surface area contributed by atoms with Crippen molar-refractivity contribution < 1.29 is 12.6 Å². The fourth-order valence-corrected chi connectivity index (χ4v) is 1.79. The van der Waals surface area contributed by atoms with Gasteiger partial charge in [0.25, 0.3) is 0 Å². The largest absolute Gasteiger partial charge is 0.373 e. The molecule has 0 aliphatic carbocycles. The highest BCUT2D eigenvalue weighted by Crippen LogP contribution is 2.29.